The highest BCUT2D eigenvalue weighted by Crippen LogP contribution is 2.27. The fourth-order valence-corrected chi connectivity index (χ4v) is 2.19. The van der Waals surface area contributed by atoms with Gasteiger partial charge < -0.3 is 4.90 Å². The van der Waals surface area contributed by atoms with Crippen molar-refractivity contribution >= 4 is 16.7 Å². The Morgan fingerprint density at radius 3 is 2.43 bits per heavy atom. The minimum atomic E-state index is -0.671. The second-order valence-corrected chi connectivity index (χ2v) is 4.91. The van der Waals surface area contributed by atoms with Crippen LogP contribution in [0.4, 0.5) is 14.6 Å². The van der Waals surface area contributed by atoms with Crippen molar-refractivity contribution in [3.8, 4) is 11.4 Å². The van der Waals surface area contributed by atoms with Gasteiger partial charge >= 0.3 is 0 Å². The van der Waals surface area contributed by atoms with Crippen LogP contribution in [0.1, 0.15) is 0 Å². The predicted molar refractivity (Wildman–Crippen MR) is 79.2 cm³/mol. The summed E-state index contributed by atoms with van der Waals surface area (Å²) in [4.78, 5) is 10.6. The Balaban J connectivity index is 2.28. The quantitative estimate of drug-likeness (QED) is 0.720. The standard InChI is InChI=1S/C16H13F2N3/c1-21(2)16-12-5-3-4-6-14(12)19-15(20-16)11-8-7-10(17)9-13(11)18/h3-9H,1-2H3. The van der Waals surface area contributed by atoms with Crippen molar-refractivity contribution in [3.63, 3.8) is 0 Å². The van der Waals surface area contributed by atoms with Crippen molar-refractivity contribution in [2.75, 3.05) is 19.0 Å². The molecule has 0 saturated carbocycles. The molecule has 5 heteroatoms. The van der Waals surface area contributed by atoms with Crippen LogP contribution in [0.2, 0.25) is 0 Å². The maximum Gasteiger partial charge on any atom is 0.165 e. The van der Waals surface area contributed by atoms with Gasteiger partial charge in [0.25, 0.3) is 0 Å². The van der Waals surface area contributed by atoms with Crippen molar-refractivity contribution in [2.24, 2.45) is 0 Å². The van der Waals surface area contributed by atoms with E-state index in [-0.39, 0.29) is 11.4 Å². The molecule has 0 fully saturated rings. The molecule has 0 spiro atoms. The maximum absolute atomic E-state index is 13.9. The first-order valence-electron chi connectivity index (χ1n) is 6.46. The number of benzene rings is 2. The summed E-state index contributed by atoms with van der Waals surface area (Å²) in [5.74, 6) is -0.353. The van der Waals surface area contributed by atoms with Crippen LogP contribution in [0.25, 0.3) is 22.3 Å². The van der Waals surface area contributed by atoms with Gasteiger partial charge in [-0.1, -0.05) is 12.1 Å². The summed E-state index contributed by atoms with van der Waals surface area (Å²) in [6.07, 6.45) is 0. The van der Waals surface area contributed by atoms with Gasteiger partial charge in [0.1, 0.15) is 17.5 Å². The molecule has 0 radical (unpaired) electrons. The van der Waals surface area contributed by atoms with E-state index in [9.17, 15) is 8.78 Å². The zero-order valence-corrected chi connectivity index (χ0v) is 11.6. The average molecular weight is 285 g/mol. The van der Waals surface area contributed by atoms with Crippen molar-refractivity contribution in [2.45, 2.75) is 0 Å². The Hall–Kier alpha value is -2.56. The molecule has 0 N–H and O–H groups in total. The van der Waals surface area contributed by atoms with E-state index < -0.39 is 11.6 Å². The summed E-state index contributed by atoms with van der Waals surface area (Å²) in [6, 6.07) is 10.9. The number of nitrogens with zero attached hydrogens (tertiary/aromatic N) is 3. The minimum absolute atomic E-state index is 0.185. The molecule has 1 heterocycles. The number of anilines is 1. The third kappa shape index (κ3) is 2.42. The molecule has 0 atom stereocenters. The smallest absolute Gasteiger partial charge is 0.165 e. The molecule has 0 aliphatic carbocycles. The van der Waals surface area contributed by atoms with Crippen LogP contribution in [-0.2, 0) is 0 Å². The number of para-hydroxylation sites is 1. The molecule has 0 bridgehead atoms. The normalized spacial score (nSPS) is 10.9. The van der Waals surface area contributed by atoms with Gasteiger partial charge in [-0.3, -0.25) is 0 Å². The highest BCUT2D eigenvalue weighted by molar-refractivity contribution is 5.90. The molecule has 2 aromatic carbocycles. The number of rotatable bonds is 2. The summed E-state index contributed by atoms with van der Waals surface area (Å²) in [5.41, 5.74) is 0.903. The number of aromatic nitrogens is 2. The van der Waals surface area contributed by atoms with E-state index in [1.165, 1.54) is 12.1 Å². The van der Waals surface area contributed by atoms with E-state index in [1.807, 2.05) is 43.3 Å². The molecule has 0 unspecified atom stereocenters. The summed E-state index contributed by atoms with van der Waals surface area (Å²) < 4.78 is 27.0. The fraction of sp³-hybridized carbons (Fsp3) is 0.125. The molecule has 0 saturated heterocycles. The lowest BCUT2D eigenvalue weighted by Gasteiger charge is -2.15. The van der Waals surface area contributed by atoms with Crippen LogP contribution in [0.5, 0.6) is 0 Å². The molecule has 3 nitrogen and oxygen atoms in total. The molecular weight excluding hydrogens is 272 g/mol. The van der Waals surface area contributed by atoms with Crippen LogP contribution >= 0.6 is 0 Å². The highest BCUT2D eigenvalue weighted by Gasteiger charge is 2.14. The second kappa shape index (κ2) is 5.09. The molecule has 106 valence electrons. The molecule has 3 rings (SSSR count). The highest BCUT2D eigenvalue weighted by atomic mass is 19.1. The van der Waals surface area contributed by atoms with E-state index in [2.05, 4.69) is 9.97 Å². The summed E-state index contributed by atoms with van der Waals surface area (Å²) in [5, 5.41) is 0.883. The first-order chi connectivity index (χ1) is 10.1. The molecule has 1 aromatic heterocycles. The van der Waals surface area contributed by atoms with Crippen molar-refractivity contribution in [1.29, 1.82) is 0 Å². The van der Waals surface area contributed by atoms with Gasteiger partial charge in [0.15, 0.2) is 5.82 Å². The molecule has 21 heavy (non-hydrogen) atoms. The molecular formula is C16H13F2N3. The van der Waals surface area contributed by atoms with E-state index in [1.54, 1.807) is 0 Å². The third-order valence-electron chi connectivity index (χ3n) is 3.18. The van der Waals surface area contributed by atoms with E-state index in [4.69, 9.17) is 0 Å². The number of fused-ring (bicyclic) bond motifs is 1. The van der Waals surface area contributed by atoms with Crippen molar-refractivity contribution in [3.05, 3.63) is 54.1 Å². The van der Waals surface area contributed by atoms with Gasteiger partial charge in [-0.15, -0.1) is 0 Å². The fourth-order valence-electron chi connectivity index (χ4n) is 2.19. The Morgan fingerprint density at radius 2 is 1.71 bits per heavy atom. The number of hydrogen-bond donors (Lipinski definition) is 0. The van der Waals surface area contributed by atoms with Crippen LogP contribution < -0.4 is 4.90 Å². The maximum atomic E-state index is 13.9. The van der Waals surface area contributed by atoms with E-state index in [0.29, 0.717) is 5.82 Å². The Labute approximate surface area is 120 Å². The summed E-state index contributed by atoms with van der Waals surface area (Å²) >= 11 is 0. The lowest BCUT2D eigenvalue weighted by molar-refractivity contribution is 0.585. The van der Waals surface area contributed by atoms with Gasteiger partial charge in [0.05, 0.1) is 11.1 Å². The van der Waals surface area contributed by atoms with Crippen LogP contribution in [0.3, 0.4) is 0 Å². The Bertz CT molecular complexity index is 816. The monoisotopic (exact) mass is 285 g/mol. The van der Waals surface area contributed by atoms with Crippen molar-refractivity contribution in [1.82, 2.24) is 9.97 Å². The van der Waals surface area contributed by atoms with Crippen LogP contribution in [0, 0.1) is 11.6 Å². The molecule has 3 aromatic rings. The first kappa shape index (κ1) is 13.4. The number of hydrogen-bond acceptors (Lipinski definition) is 3. The lowest BCUT2D eigenvalue weighted by atomic mass is 10.1. The number of halogens is 2. The van der Waals surface area contributed by atoms with Gasteiger partial charge in [-0.05, 0) is 24.3 Å². The Kier molecular flexibility index (Phi) is 3.25. The second-order valence-electron chi connectivity index (χ2n) is 4.91. The van der Waals surface area contributed by atoms with Crippen LogP contribution in [-0.4, -0.2) is 24.1 Å². The zero-order valence-electron chi connectivity index (χ0n) is 11.6. The SMILES string of the molecule is CN(C)c1nc(-c2ccc(F)cc2F)nc2ccccc12. The largest absolute Gasteiger partial charge is 0.362 e. The summed E-state index contributed by atoms with van der Waals surface area (Å²) in [7, 11) is 3.72. The third-order valence-corrected chi connectivity index (χ3v) is 3.18. The van der Waals surface area contributed by atoms with Gasteiger partial charge in [-0.2, -0.15) is 0 Å². The lowest BCUT2D eigenvalue weighted by Crippen LogP contribution is -2.12. The Morgan fingerprint density at radius 1 is 0.952 bits per heavy atom. The topological polar surface area (TPSA) is 29.0 Å². The minimum Gasteiger partial charge on any atom is -0.362 e. The molecule has 0 aliphatic rings. The average Bonchev–Trinajstić information content (AvgIpc) is 2.46. The van der Waals surface area contributed by atoms with E-state index >= 15 is 0 Å². The van der Waals surface area contributed by atoms with Gasteiger partial charge in [-0.25, -0.2) is 18.7 Å². The van der Waals surface area contributed by atoms with Gasteiger partial charge in [0, 0.05) is 25.5 Å². The first-order valence-corrected chi connectivity index (χ1v) is 6.46. The van der Waals surface area contributed by atoms with Crippen molar-refractivity contribution < 1.29 is 8.78 Å². The molecule has 0 amide bonds. The zero-order chi connectivity index (χ0) is 15.0. The van der Waals surface area contributed by atoms with E-state index in [0.717, 1.165) is 17.0 Å². The van der Waals surface area contributed by atoms with Gasteiger partial charge in [0.2, 0.25) is 0 Å². The summed E-state index contributed by atoms with van der Waals surface area (Å²) in [6.45, 7) is 0. The predicted octanol–water partition coefficient (Wildman–Crippen LogP) is 3.64. The molecule has 0 aliphatic heterocycles. The van der Waals surface area contributed by atoms with Crippen LogP contribution in [0.15, 0.2) is 42.5 Å².